The highest BCUT2D eigenvalue weighted by atomic mass is 32.2. The van der Waals surface area contributed by atoms with Crippen LogP contribution in [0, 0.1) is 5.92 Å². The first-order valence-electron chi connectivity index (χ1n) is 21.6. The van der Waals surface area contributed by atoms with Gasteiger partial charge in [0.25, 0.3) is 0 Å². The van der Waals surface area contributed by atoms with Gasteiger partial charge in [0, 0.05) is 70.5 Å². The SMILES string of the molecule is C1=CC2SC(c3ccc(-n4c5ccccc5c5ccccc54)cc3)=C(N(c3ccccc3)c3c(-c4ccc(-n5c6ccccc6c6ccccc65)cc4)sc4ccccc34)C2C=C1. The molecule has 0 fully saturated rings. The van der Waals surface area contributed by atoms with Crippen LogP contribution < -0.4 is 4.90 Å². The Labute approximate surface area is 373 Å². The number of thioether (sulfide) groups is 1. The summed E-state index contributed by atoms with van der Waals surface area (Å²) in [6.07, 6.45) is 9.26. The lowest BCUT2D eigenvalue weighted by atomic mass is 9.93. The van der Waals surface area contributed by atoms with Gasteiger partial charge in [0.1, 0.15) is 0 Å². The zero-order valence-electron chi connectivity index (χ0n) is 34.2. The van der Waals surface area contributed by atoms with Crippen molar-refractivity contribution in [1.29, 1.82) is 0 Å². The lowest BCUT2D eigenvalue weighted by molar-refractivity contribution is 0.780. The second-order valence-corrected chi connectivity index (χ2v) is 18.6. The molecule has 11 aromatic rings. The molecule has 8 aromatic carbocycles. The molecule has 0 amide bonds. The molecule has 13 rings (SSSR count). The largest absolute Gasteiger partial charge is 0.310 e. The number of aromatic nitrogens is 2. The number of anilines is 2. The van der Waals surface area contributed by atoms with Crippen molar-refractivity contribution in [3.8, 4) is 21.8 Å². The molecule has 0 radical (unpaired) electrons. The highest BCUT2D eigenvalue weighted by molar-refractivity contribution is 8.09. The molecule has 298 valence electrons. The van der Waals surface area contributed by atoms with Crippen molar-refractivity contribution in [2.24, 2.45) is 5.92 Å². The molecular formula is C58H39N3S2. The van der Waals surface area contributed by atoms with E-state index < -0.39 is 0 Å². The summed E-state index contributed by atoms with van der Waals surface area (Å²) in [5.74, 6) is 0.177. The molecule has 1 aliphatic carbocycles. The Morgan fingerprint density at radius 3 is 1.43 bits per heavy atom. The van der Waals surface area contributed by atoms with Gasteiger partial charge in [0.05, 0.1) is 32.6 Å². The number of allylic oxidation sites excluding steroid dienone is 3. The summed E-state index contributed by atoms with van der Waals surface area (Å²) in [4.78, 5) is 5.17. The van der Waals surface area contributed by atoms with Gasteiger partial charge in [-0.3, -0.25) is 0 Å². The highest BCUT2D eigenvalue weighted by Crippen LogP contribution is 2.57. The minimum absolute atomic E-state index is 0.177. The fraction of sp³-hybridized carbons (Fsp3) is 0.0345. The number of thiophene rings is 1. The van der Waals surface area contributed by atoms with Crippen molar-refractivity contribution in [2.75, 3.05) is 4.90 Å². The smallest absolute Gasteiger partial charge is 0.0724 e. The maximum atomic E-state index is 2.60. The van der Waals surface area contributed by atoms with Gasteiger partial charge in [-0.2, -0.15) is 0 Å². The molecule has 5 heteroatoms. The van der Waals surface area contributed by atoms with Gasteiger partial charge in [-0.1, -0.05) is 158 Å². The monoisotopic (exact) mass is 841 g/mol. The topological polar surface area (TPSA) is 13.1 Å². The van der Waals surface area contributed by atoms with Gasteiger partial charge in [-0.05, 0) is 77.9 Å². The van der Waals surface area contributed by atoms with Gasteiger partial charge in [0.2, 0.25) is 0 Å². The van der Waals surface area contributed by atoms with E-state index in [1.165, 1.54) is 86.0 Å². The lowest BCUT2D eigenvalue weighted by Crippen LogP contribution is -2.25. The zero-order valence-corrected chi connectivity index (χ0v) is 35.8. The van der Waals surface area contributed by atoms with Crippen LogP contribution in [0.1, 0.15) is 5.56 Å². The van der Waals surface area contributed by atoms with E-state index in [9.17, 15) is 0 Å². The fourth-order valence-corrected chi connectivity index (χ4v) is 12.7. The average Bonchev–Trinajstić information content (AvgIpc) is 4.11. The van der Waals surface area contributed by atoms with E-state index in [1.54, 1.807) is 0 Å². The third kappa shape index (κ3) is 5.74. The van der Waals surface area contributed by atoms with Crippen LogP contribution in [0.15, 0.2) is 230 Å². The number of hydrogen-bond donors (Lipinski definition) is 0. The minimum atomic E-state index is 0.177. The quantitative estimate of drug-likeness (QED) is 0.159. The van der Waals surface area contributed by atoms with Crippen LogP contribution in [-0.2, 0) is 0 Å². The third-order valence-corrected chi connectivity index (χ3v) is 15.5. The molecule has 2 atom stereocenters. The molecule has 0 bridgehead atoms. The Balaban J connectivity index is 0.995. The van der Waals surface area contributed by atoms with Gasteiger partial charge in [-0.15, -0.1) is 23.1 Å². The number of benzene rings is 8. The maximum Gasteiger partial charge on any atom is 0.0724 e. The van der Waals surface area contributed by atoms with E-state index in [0.717, 1.165) is 17.1 Å². The first kappa shape index (κ1) is 36.4. The van der Waals surface area contributed by atoms with Gasteiger partial charge >= 0.3 is 0 Å². The molecule has 0 saturated heterocycles. The normalized spacial score (nSPS) is 16.0. The fourth-order valence-electron chi connectivity index (χ4n) is 10.1. The molecule has 3 nitrogen and oxygen atoms in total. The van der Waals surface area contributed by atoms with Crippen molar-refractivity contribution in [2.45, 2.75) is 5.25 Å². The Kier molecular flexibility index (Phi) is 8.46. The Hall–Kier alpha value is -7.31. The summed E-state index contributed by atoms with van der Waals surface area (Å²) in [5.41, 5.74) is 13.3. The van der Waals surface area contributed by atoms with Crippen molar-refractivity contribution >= 4 is 93.1 Å². The van der Waals surface area contributed by atoms with E-state index in [-0.39, 0.29) is 11.2 Å². The molecule has 1 aliphatic heterocycles. The summed E-state index contributed by atoms with van der Waals surface area (Å²) in [6, 6.07) is 73.5. The number of hydrogen-bond acceptors (Lipinski definition) is 3. The van der Waals surface area contributed by atoms with E-state index in [4.69, 9.17) is 0 Å². The van der Waals surface area contributed by atoms with Crippen LogP contribution in [0.3, 0.4) is 0 Å². The van der Waals surface area contributed by atoms with Crippen LogP contribution in [0.4, 0.5) is 11.4 Å². The number of fused-ring (bicyclic) bond motifs is 8. The second kappa shape index (κ2) is 14.7. The summed E-state index contributed by atoms with van der Waals surface area (Å²) in [5, 5.41) is 6.62. The van der Waals surface area contributed by atoms with Crippen LogP contribution >= 0.6 is 23.1 Å². The van der Waals surface area contributed by atoms with Crippen molar-refractivity contribution in [3.63, 3.8) is 0 Å². The maximum absolute atomic E-state index is 2.60. The molecule has 0 saturated carbocycles. The summed E-state index contributed by atoms with van der Waals surface area (Å²) < 4.78 is 6.08. The standard InChI is InChI=1S/C58H39N3S2/c1-2-16-40(17-3-1)61(55-47-22-8-14-28-53(47)62-57(55)38-30-34-41(35-31-38)59-49-24-10-4-18-43(49)44-19-5-11-25-50(44)59)56-48-23-9-15-29-54(48)63-58(56)39-32-36-42(37-33-39)60-51-26-12-6-20-45(51)46-21-7-13-27-52(46)60/h1-37,47,53H. The molecule has 2 unspecified atom stereocenters. The van der Waals surface area contributed by atoms with E-state index in [0.29, 0.717) is 0 Å². The molecule has 4 heterocycles. The molecular weight excluding hydrogens is 803 g/mol. The Morgan fingerprint density at radius 2 is 0.873 bits per heavy atom. The second-order valence-electron chi connectivity index (χ2n) is 16.4. The predicted molar refractivity (Wildman–Crippen MR) is 271 cm³/mol. The lowest BCUT2D eigenvalue weighted by Gasteiger charge is -2.32. The van der Waals surface area contributed by atoms with E-state index in [2.05, 4.69) is 239 Å². The average molecular weight is 842 g/mol. The summed E-state index contributed by atoms with van der Waals surface area (Å²) in [6.45, 7) is 0. The predicted octanol–water partition coefficient (Wildman–Crippen LogP) is 16.1. The summed E-state index contributed by atoms with van der Waals surface area (Å²) >= 11 is 3.87. The molecule has 63 heavy (non-hydrogen) atoms. The zero-order chi connectivity index (χ0) is 41.4. The van der Waals surface area contributed by atoms with E-state index in [1.807, 2.05) is 23.1 Å². The van der Waals surface area contributed by atoms with Gasteiger partial charge in [-0.25, -0.2) is 0 Å². The molecule has 3 aromatic heterocycles. The Morgan fingerprint density at radius 1 is 0.413 bits per heavy atom. The van der Waals surface area contributed by atoms with Crippen molar-refractivity contribution in [1.82, 2.24) is 9.13 Å². The Bertz CT molecular complexity index is 3550. The molecule has 0 spiro atoms. The summed E-state index contributed by atoms with van der Waals surface area (Å²) in [7, 11) is 0. The number of nitrogens with zero attached hydrogens (tertiary/aromatic N) is 3. The molecule has 0 N–H and O–H groups in total. The van der Waals surface area contributed by atoms with E-state index >= 15 is 0 Å². The minimum Gasteiger partial charge on any atom is -0.310 e. The third-order valence-electron chi connectivity index (χ3n) is 12.9. The van der Waals surface area contributed by atoms with Gasteiger partial charge in [0.15, 0.2) is 0 Å². The van der Waals surface area contributed by atoms with Crippen LogP contribution in [0.25, 0.3) is 80.4 Å². The first-order chi connectivity index (χ1) is 31.3. The van der Waals surface area contributed by atoms with Crippen LogP contribution in [0.5, 0.6) is 0 Å². The first-order valence-corrected chi connectivity index (χ1v) is 23.3. The van der Waals surface area contributed by atoms with Crippen molar-refractivity contribution < 1.29 is 0 Å². The number of rotatable bonds is 7. The van der Waals surface area contributed by atoms with Crippen LogP contribution in [0.2, 0.25) is 0 Å². The van der Waals surface area contributed by atoms with Crippen LogP contribution in [-0.4, -0.2) is 14.4 Å². The van der Waals surface area contributed by atoms with Gasteiger partial charge < -0.3 is 14.0 Å². The molecule has 2 aliphatic rings. The number of para-hydroxylation sites is 5. The highest BCUT2D eigenvalue weighted by Gasteiger charge is 2.39. The van der Waals surface area contributed by atoms with Crippen molar-refractivity contribution in [3.05, 3.63) is 236 Å².